The smallest absolute Gasteiger partial charge is 0.410 e. The molecule has 10 nitrogen and oxygen atoms in total. The van der Waals surface area contributed by atoms with E-state index in [4.69, 9.17) is 16.3 Å². The number of carbonyl (C=O) groups is 3. The van der Waals surface area contributed by atoms with E-state index >= 15 is 0 Å². The highest BCUT2D eigenvalue weighted by Gasteiger charge is 2.35. The lowest BCUT2D eigenvalue weighted by Gasteiger charge is -2.39. The molecule has 1 aliphatic heterocycles. The molecule has 3 N–H and O–H groups in total. The summed E-state index contributed by atoms with van der Waals surface area (Å²) in [6.07, 6.45) is 3.23. The topological polar surface area (TPSA) is 126 Å². The summed E-state index contributed by atoms with van der Waals surface area (Å²) in [5, 5.41) is 7.42. The van der Waals surface area contributed by atoms with Crippen LogP contribution in [0.1, 0.15) is 47.9 Å². The van der Waals surface area contributed by atoms with Crippen molar-refractivity contribution in [3.8, 4) is 5.69 Å². The average Bonchev–Trinajstić information content (AvgIpc) is 3.33. The average molecular weight is 590 g/mol. The molecule has 3 amide bonds. The molecule has 2 aromatic carbocycles. The van der Waals surface area contributed by atoms with Gasteiger partial charge in [0.2, 0.25) is 0 Å². The number of benzene rings is 2. The van der Waals surface area contributed by atoms with Crippen molar-refractivity contribution < 1.29 is 19.1 Å². The van der Waals surface area contributed by atoms with Crippen LogP contribution in [0.2, 0.25) is 5.02 Å². The Balaban J connectivity index is 1.34. The Kier molecular flexibility index (Phi) is 8.08. The summed E-state index contributed by atoms with van der Waals surface area (Å²) >= 11 is 6.17. The number of likely N-dealkylation sites (tertiary alicyclic amines) is 1. The molecule has 0 radical (unpaired) electrons. The minimum atomic E-state index is -0.678. The van der Waals surface area contributed by atoms with Gasteiger partial charge in [0.05, 0.1) is 17.1 Å². The molecule has 4 aromatic rings. The van der Waals surface area contributed by atoms with Crippen molar-refractivity contribution in [1.82, 2.24) is 25.1 Å². The van der Waals surface area contributed by atoms with Crippen LogP contribution in [0.25, 0.3) is 16.6 Å². The number of hydrogen-bond donors (Lipinski definition) is 3. The Labute approximate surface area is 247 Å². The third kappa shape index (κ3) is 6.49. The summed E-state index contributed by atoms with van der Waals surface area (Å²) in [5.74, 6) is -0.685. The molecule has 0 saturated carbocycles. The van der Waals surface area contributed by atoms with Crippen LogP contribution in [-0.2, 0) is 4.74 Å². The number of aromatic nitrogens is 2. The van der Waals surface area contributed by atoms with Gasteiger partial charge in [-0.05, 0) is 69.7 Å². The van der Waals surface area contributed by atoms with Gasteiger partial charge >= 0.3 is 6.09 Å². The standard InChI is InChI=1S/C31H32ClN5O5/c1-31(2,3)42-30(41)36-15-13-24(34-29(40)20-9-12-22-23(32)17-33-25(22)16-20)26(18-36)35-28(39)19-7-10-21(11-8-19)37-14-5-4-6-27(37)38/h4-12,14,16-17,24,26,33H,13,15,18H2,1-3H3,(H,34,40)(H,35,39)/t24-,26+/m1/s1. The summed E-state index contributed by atoms with van der Waals surface area (Å²) in [6, 6.07) is 15.6. The van der Waals surface area contributed by atoms with Crippen LogP contribution in [0.5, 0.6) is 0 Å². The lowest BCUT2D eigenvalue weighted by Crippen LogP contribution is -2.61. The van der Waals surface area contributed by atoms with E-state index in [1.807, 2.05) is 0 Å². The number of rotatable bonds is 5. The van der Waals surface area contributed by atoms with Crippen molar-refractivity contribution >= 4 is 40.4 Å². The van der Waals surface area contributed by atoms with Crippen molar-refractivity contribution in [2.75, 3.05) is 13.1 Å². The quantitative estimate of drug-likeness (QED) is 0.316. The number of H-pyrrole nitrogens is 1. The molecule has 3 heterocycles. The normalized spacial score (nSPS) is 17.1. The zero-order chi connectivity index (χ0) is 30.0. The molecule has 0 spiro atoms. The fourth-order valence-corrected chi connectivity index (χ4v) is 5.13. The first kappa shape index (κ1) is 28.9. The lowest BCUT2D eigenvalue weighted by molar-refractivity contribution is 0.0161. The SMILES string of the molecule is CC(C)(C)OC(=O)N1CC[C@@H](NC(=O)c2ccc3c(Cl)c[nH]c3c2)[C@@H](NC(=O)c2ccc(-n3ccccc3=O)cc2)C1. The van der Waals surface area contributed by atoms with Gasteiger partial charge < -0.3 is 25.3 Å². The molecule has 1 saturated heterocycles. The van der Waals surface area contributed by atoms with Crippen LogP contribution in [0.3, 0.4) is 0 Å². The van der Waals surface area contributed by atoms with E-state index in [1.165, 1.54) is 15.5 Å². The number of nitrogens with one attached hydrogen (secondary N) is 3. The number of hydrogen-bond acceptors (Lipinski definition) is 5. The molecule has 11 heteroatoms. The van der Waals surface area contributed by atoms with Gasteiger partial charge in [0.1, 0.15) is 5.60 Å². The molecule has 1 fully saturated rings. The number of halogens is 1. The fourth-order valence-electron chi connectivity index (χ4n) is 4.91. The summed E-state index contributed by atoms with van der Waals surface area (Å²) in [6.45, 7) is 5.86. The molecule has 0 bridgehead atoms. The molecule has 5 rings (SSSR count). The number of carbonyl (C=O) groups excluding carboxylic acids is 3. The maximum Gasteiger partial charge on any atom is 0.410 e. The monoisotopic (exact) mass is 589 g/mol. The molecule has 0 aliphatic carbocycles. The summed E-state index contributed by atoms with van der Waals surface area (Å²) in [5.41, 5.74) is 1.30. The Bertz CT molecular complexity index is 1690. The van der Waals surface area contributed by atoms with E-state index < -0.39 is 23.8 Å². The Hall–Kier alpha value is -4.57. The van der Waals surface area contributed by atoms with Crippen LogP contribution in [0, 0.1) is 0 Å². The minimum Gasteiger partial charge on any atom is -0.444 e. The van der Waals surface area contributed by atoms with Gasteiger partial charge in [-0.2, -0.15) is 0 Å². The fraction of sp³-hybridized carbons (Fsp3) is 0.290. The number of nitrogens with zero attached hydrogens (tertiary/aromatic N) is 2. The summed E-state index contributed by atoms with van der Waals surface area (Å²) < 4.78 is 7.03. The second-order valence-corrected chi connectivity index (χ2v) is 11.6. The number of piperidine rings is 1. The number of fused-ring (bicyclic) bond motifs is 1. The van der Waals surface area contributed by atoms with Crippen molar-refractivity contribution in [2.45, 2.75) is 44.9 Å². The Morgan fingerprint density at radius 1 is 0.952 bits per heavy atom. The third-order valence-corrected chi connectivity index (χ3v) is 7.33. The second kappa shape index (κ2) is 11.7. The van der Waals surface area contributed by atoms with E-state index in [9.17, 15) is 19.2 Å². The minimum absolute atomic E-state index is 0.147. The van der Waals surface area contributed by atoms with Gasteiger partial charge in [-0.1, -0.05) is 23.7 Å². The van der Waals surface area contributed by atoms with Gasteiger partial charge in [0.25, 0.3) is 17.4 Å². The lowest BCUT2D eigenvalue weighted by atomic mass is 9.98. The van der Waals surface area contributed by atoms with Gasteiger partial charge in [0, 0.05) is 59.3 Å². The third-order valence-electron chi connectivity index (χ3n) is 7.02. The number of amides is 3. The first-order chi connectivity index (χ1) is 20.0. The number of pyridine rings is 1. The highest BCUT2D eigenvalue weighted by Crippen LogP contribution is 2.24. The maximum atomic E-state index is 13.3. The summed E-state index contributed by atoms with van der Waals surface area (Å²) in [4.78, 5) is 56.2. The molecule has 2 atom stereocenters. The first-order valence-corrected chi connectivity index (χ1v) is 14.0. The van der Waals surface area contributed by atoms with E-state index in [0.29, 0.717) is 34.8 Å². The summed E-state index contributed by atoms with van der Waals surface area (Å²) in [7, 11) is 0. The van der Waals surface area contributed by atoms with Crippen molar-refractivity contribution in [3.63, 3.8) is 0 Å². The molecule has 42 heavy (non-hydrogen) atoms. The van der Waals surface area contributed by atoms with Crippen LogP contribution in [0.15, 0.2) is 77.9 Å². The van der Waals surface area contributed by atoms with Crippen LogP contribution < -0.4 is 16.2 Å². The first-order valence-electron chi connectivity index (χ1n) is 13.6. The molecule has 1 aliphatic rings. The number of aromatic amines is 1. The van der Waals surface area contributed by atoms with E-state index in [-0.39, 0.29) is 23.9 Å². The van der Waals surface area contributed by atoms with Gasteiger partial charge in [0.15, 0.2) is 0 Å². The molecule has 2 aromatic heterocycles. The van der Waals surface area contributed by atoms with Gasteiger partial charge in [-0.15, -0.1) is 0 Å². The molecule has 218 valence electrons. The maximum absolute atomic E-state index is 13.3. The second-order valence-electron chi connectivity index (χ2n) is 11.2. The van der Waals surface area contributed by atoms with Crippen molar-refractivity contribution in [1.29, 1.82) is 0 Å². The van der Waals surface area contributed by atoms with Crippen LogP contribution in [-0.4, -0.2) is 63.1 Å². The van der Waals surface area contributed by atoms with Crippen molar-refractivity contribution in [3.05, 3.63) is 99.6 Å². The molecular formula is C31H32ClN5O5. The predicted molar refractivity (Wildman–Crippen MR) is 160 cm³/mol. The van der Waals surface area contributed by atoms with Crippen LogP contribution in [0.4, 0.5) is 4.79 Å². The van der Waals surface area contributed by atoms with Gasteiger partial charge in [-0.25, -0.2) is 4.79 Å². The zero-order valence-electron chi connectivity index (χ0n) is 23.5. The zero-order valence-corrected chi connectivity index (χ0v) is 24.3. The predicted octanol–water partition coefficient (Wildman–Crippen LogP) is 4.51. The van der Waals surface area contributed by atoms with Gasteiger partial charge in [-0.3, -0.25) is 19.0 Å². The van der Waals surface area contributed by atoms with Crippen molar-refractivity contribution in [2.24, 2.45) is 0 Å². The largest absolute Gasteiger partial charge is 0.444 e. The molecule has 0 unspecified atom stereocenters. The Morgan fingerprint density at radius 3 is 2.36 bits per heavy atom. The molecular weight excluding hydrogens is 558 g/mol. The number of ether oxygens (including phenoxy) is 1. The van der Waals surface area contributed by atoms with E-state index in [2.05, 4.69) is 15.6 Å². The highest BCUT2D eigenvalue weighted by atomic mass is 35.5. The Morgan fingerprint density at radius 2 is 1.64 bits per heavy atom. The van der Waals surface area contributed by atoms with E-state index in [0.717, 1.165) is 10.9 Å². The highest BCUT2D eigenvalue weighted by molar-refractivity contribution is 6.35. The van der Waals surface area contributed by atoms with Crippen LogP contribution >= 0.6 is 11.6 Å². The van der Waals surface area contributed by atoms with E-state index in [1.54, 1.807) is 87.8 Å².